The maximum atomic E-state index is 6.41. The lowest BCUT2D eigenvalue weighted by Crippen LogP contribution is -2.41. The second-order valence-electron chi connectivity index (χ2n) is 5.52. The van der Waals surface area contributed by atoms with Crippen molar-refractivity contribution in [3.63, 3.8) is 0 Å². The van der Waals surface area contributed by atoms with E-state index >= 15 is 0 Å². The van der Waals surface area contributed by atoms with Crippen LogP contribution in [0.25, 0.3) is 0 Å². The second-order valence-corrected chi connectivity index (χ2v) is 6.46. The van der Waals surface area contributed by atoms with Crippen molar-refractivity contribution in [1.82, 2.24) is 4.90 Å². The molecule has 18 heavy (non-hydrogen) atoms. The van der Waals surface area contributed by atoms with Gasteiger partial charge in [0.1, 0.15) is 0 Å². The number of nitrogens with zero attached hydrogens (tertiary/aromatic N) is 1. The fourth-order valence-electron chi connectivity index (χ4n) is 2.61. The highest BCUT2D eigenvalue weighted by Crippen LogP contribution is 2.36. The van der Waals surface area contributed by atoms with Crippen molar-refractivity contribution in [2.45, 2.75) is 52.1 Å². The highest BCUT2D eigenvalue weighted by molar-refractivity contribution is 7.10. The van der Waals surface area contributed by atoms with Crippen LogP contribution in [-0.2, 0) is 0 Å². The van der Waals surface area contributed by atoms with Crippen LogP contribution in [0.4, 0.5) is 0 Å². The van der Waals surface area contributed by atoms with Crippen LogP contribution < -0.4 is 5.73 Å². The molecule has 2 rings (SSSR count). The first kappa shape index (κ1) is 14.0. The summed E-state index contributed by atoms with van der Waals surface area (Å²) in [6, 6.07) is 2.89. The number of likely N-dealkylation sites (N-methyl/N-ethyl adjacent to an activating group) is 1. The highest BCUT2D eigenvalue weighted by Gasteiger charge is 2.31. The SMILES string of the molecule is CCC(N)C(c1sccc1C)N(CC)CC1CC1. The first-order chi connectivity index (χ1) is 8.67. The number of hydrogen-bond acceptors (Lipinski definition) is 3. The first-order valence-corrected chi connectivity index (χ1v) is 8.08. The number of rotatable bonds is 7. The summed E-state index contributed by atoms with van der Waals surface area (Å²) < 4.78 is 0. The summed E-state index contributed by atoms with van der Waals surface area (Å²) in [5.41, 5.74) is 7.82. The Morgan fingerprint density at radius 3 is 2.61 bits per heavy atom. The predicted molar refractivity (Wildman–Crippen MR) is 80.0 cm³/mol. The molecule has 1 saturated carbocycles. The first-order valence-electron chi connectivity index (χ1n) is 7.21. The number of nitrogens with two attached hydrogens (primary N) is 1. The fraction of sp³-hybridized carbons (Fsp3) is 0.733. The maximum Gasteiger partial charge on any atom is 0.0596 e. The number of hydrogen-bond donors (Lipinski definition) is 1. The van der Waals surface area contributed by atoms with Gasteiger partial charge in [-0.05, 0) is 55.7 Å². The van der Waals surface area contributed by atoms with Gasteiger partial charge in [0, 0.05) is 17.5 Å². The lowest BCUT2D eigenvalue weighted by Gasteiger charge is -2.34. The van der Waals surface area contributed by atoms with Gasteiger partial charge in [0.05, 0.1) is 6.04 Å². The van der Waals surface area contributed by atoms with E-state index in [0.717, 1.165) is 18.9 Å². The van der Waals surface area contributed by atoms with Gasteiger partial charge in [-0.25, -0.2) is 0 Å². The van der Waals surface area contributed by atoms with Crippen LogP contribution in [0.2, 0.25) is 0 Å². The zero-order valence-corrected chi connectivity index (χ0v) is 12.7. The molecule has 1 fully saturated rings. The average Bonchev–Trinajstić information content (AvgIpc) is 3.10. The monoisotopic (exact) mass is 266 g/mol. The van der Waals surface area contributed by atoms with E-state index in [9.17, 15) is 0 Å². The van der Waals surface area contributed by atoms with Crippen molar-refractivity contribution in [3.8, 4) is 0 Å². The van der Waals surface area contributed by atoms with Crippen LogP contribution in [0.3, 0.4) is 0 Å². The standard InChI is InChI=1S/C15H26N2S/c1-4-13(16)14(15-11(3)8-9-18-15)17(5-2)10-12-6-7-12/h8-9,12-14H,4-7,10,16H2,1-3H3. The van der Waals surface area contributed by atoms with Crippen molar-refractivity contribution in [2.75, 3.05) is 13.1 Å². The van der Waals surface area contributed by atoms with Gasteiger partial charge < -0.3 is 5.73 Å². The Bertz CT molecular complexity index is 370. The Morgan fingerprint density at radius 2 is 2.17 bits per heavy atom. The summed E-state index contributed by atoms with van der Waals surface area (Å²) in [7, 11) is 0. The van der Waals surface area contributed by atoms with E-state index in [2.05, 4.69) is 37.1 Å². The lowest BCUT2D eigenvalue weighted by molar-refractivity contribution is 0.173. The molecule has 1 aliphatic carbocycles. The van der Waals surface area contributed by atoms with Crippen molar-refractivity contribution < 1.29 is 0 Å². The molecule has 1 aromatic heterocycles. The van der Waals surface area contributed by atoms with Crippen LogP contribution in [0.5, 0.6) is 0 Å². The normalized spacial score (nSPS) is 19.2. The maximum absolute atomic E-state index is 6.41. The van der Waals surface area contributed by atoms with Gasteiger partial charge in [0.2, 0.25) is 0 Å². The summed E-state index contributed by atoms with van der Waals surface area (Å²) >= 11 is 1.87. The molecule has 1 aromatic rings. The van der Waals surface area contributed by atoms with Crippen LogP contribution in [0.1, 0.15) is 49.6 Å². The summed E-state index contributed by atoms with van der Waals surface area (Å²) in [5.74, 6) is 0.928. The molecule has 0 aliphatic heterocycles. The highest BCUT2D eigenvalue weighted by atomic mass is 32.1. The quantitative estimate of drug-likeness (QED) is 0.817. The predicted octanol–water partition coefficient (Wildman–Crippen LogP) is 3.57. The van der Waals surface area contributed by atoms with Crippen LogP contribution >= 0.6 is 11.3 Å². The Morgan fingerprint density at radius 1 is 1.44 bits per heavy atom. The van der Waals surface area contributed by atoms with Gasteiger partial charge in [-0.2, -0.15) is 0 Å². The summed E-state index contributed by atoms with van der Waals surface area (Å²) in [6.07, 6.45) is 3.87. The topological polar surface area (TPSA) is 29.3 Å². The Kier molecular flexibility index (Phi) is 4.82. The van der Waals surface area contributed by atoms with Gasteiger partial charge in [-0.3, -0.25) is 4.90 Å². The molecule has 2 atom stereocenters. The fourth-order valence-corrected chi connectivity index (χ4v) is 3.75. The Balaban J connectivity index is 2.19. The molecule has 0 spiro atoms. The van der Waals surface area contributed by atoms with Gasteiger partial charge in [-0.1, -0.05) is 13.8 Å². The van der Waals surface area contributed by atoms with Crippen LogP contribution in [-0.4, -0.2) is 24.0 Å². The largest absolute Gasteiger partial charge is 0.326 e. The molecule has 0 saturated heterocycles. The van der Waals surface area contributed by atoms with E-state index in [4.69, 9.17) is 5.73 Å². The zero-order chi connectivity index (χ0) is 13.1. The van der Waals surface area contributed by atoms with E-state index in [-0.39, 0.29) is 6.04 Å². The minimum atomic E-state index is 0.251. The van der Waals surface area contributed by atoms with E-state index in [1.807, 2.05) is 11.3 Å². The molecule has 2 N–H and O–H groups in total. The van der Waals surface area contributed by atoms with E-state index in [1.54, 1.807) is 0 Å². The summed E-state index contributed by atoms with van der Waals surface area (Å²) in [5, 5.41) is 2.20. The van der Waals surface area contributed by atoms with Gasteiger partial charge in [0.15, 0.2) is 0 Å². The average molecular weight is 266 g/mol. The third-order valence-corrected chi connectivity index (χ3v) is 5.13. The molecule has 0 radical (unpaired) electrons. The van der Waals surface area contributed by atoms with Gasteiger partial charge in [-0.15, -0.1) is 11.3 Å². The van der Waals surface area contributed by atoms with E-state index in [0.29, 0.717) is 6.04 Å². The van der Waals surface area contributed by atoms with Crippen LogP contribution in [0.15, 0.2) is 11.4 Å². The summed E-state index contributed by atoms with van der Waals surface area (Å²) in [4.78, 5) is 4.08. The van der Waals surface area contributed by atoms with Crippen molar-refractivity contribution >= 4 is 11.3 Å². The number of thiophene rings is 1. The van der Waals surface area contributed by atoms with Crippen LogP contribution in [0, 0.1) is 12.8 Å². The molecule has 102 valence electrons. The minimum absolute atomic E-state index is 0.251. The Hall–Kier alpha value is -0.380. The molecule has 3 heteroatoms. The molecule has 0 bridgehead atoms. The Labute approximate surface area is 115 Å². The molecular weight excluding hydrogens is 240 g/mol. The second kappa shape index (κ2) is 6.18. The van der Waals surface area contributed by atoms with Gasteiger partial charge >= 0.3 is 0 Å². The molecule has 0 amide bonds. The van der Waals surface area contributed by atoms with E-state index in [1.165, 1.54) is 29.8 Å². The van der Waals surface area contributed by atoms with Crippen molar-refractivity contribution in [1.29, 1.82) is 0 Å². The minimum Gasteiger partial charge on any atom is -0.326 e. The third kappa shape index (κ3) is 3.14. The molecule has 2 nitrogen and oxygen atoms in total. The van der Waals surface area contributed by atoms with Gasteiger partial charge in [0.25, 0.3) is 0 Å². The summed E-state index contributed by atoms with van der Waals surface area (Å²) in [6.45, 7) is 9.01. The van der Waals surface area contributed by atoms with E-state index < -0.39 is 0 Å². The molecule has 2 unspecified atom stereocenters. The molecular formula is C15H26N2S. The zero-order valence-electron chi connectivity index (χ0n) is 11.9. The number of aryl methyl sites for hydroxylation is 1. The third-order valence-electron chi connectivity index (χ3n) is 4.04. The van der Waals surface area contributed by atoms with Crippen molar-refractivity contribution in [2.24, 2.45) is 11.7 Å². The smallest absolute Gasteiger partial charge is 0.0596 e. The molecule has 1 aliphatic rings. The molecule has 1 heterocycles. The molecule has 0 aromatic carbocycles. The van der Waals surface area contributed by atoms with Crippen molar-refractivity contribution in [3.05, 3.63) is 21.9 Å². The lowest BCUT2D eigenvalue weighted by atomic mass is 10.00.